The van der Waals surface area contributed by atoms with E-state index in [4.69, 9.17) is 9.84 Å². The van der Waals surface area contributed by atoms with Crippen LogP contribution in [0.5, 0.6) is 5.75 Å². The number of ether oxygens (including phenoxy) is 1. The zero-order valence-electron chi connectivity index (χ0n) is 11.5. The van der Waals surface area contributed by atoms with Crippen molar-refractivity contribution in [2.24, 2.45) is 0 Å². The molecule has 1 aromatic carbocycles. The summed E-state index contributed by atoms with van der Waals surface area (Å²) in [5.74, 6) is 0.788. The lowest BCUT2D eigenvalue weighted by Gasteiger charge is -2.31. The number of hydrogen-bond acceptors (Lipinski definition) is 3. The smallest absolute Gasteiger partial charge is 0.223 e. The fourth-order valence-electron chi connectivity index (χ4n) is 2.07. The van der Waals surface area contributed by atoms with E-state index in [1.807, 2.05) is 25.1 Å². The molecular formula is C15H21NO3. The molecule has 0 atom stereocenters. The molecule has 0 bridgehead atoms. The Bertz CT molecular complexity index is 453. The van der Waals surface area contributed by atoms with E-state index in [-0.39, 0.29) is 18.1 Å². The lowest BCUT2D eigenvalue weighted by Crippen LogP contribution is -2.46. The molecule has 0 aromatic heterocycles. The summed E-state index contributed by atoms with van der Waals surface area (Å²) in [5, 5.41) is 12.0. The molecule has 1 amide bonds. The van der Waals surface area contributed by atoms with Gasteiger partial charge < -0.3 is 15.2 Å². The average molecular weight is 263 g/mol. The number of amides is 1. The number of aliphatic hydroxyl groups excluding tert-OH is 1. The first-order valence-corrected chi connectivity index (χ1v) is 6.72. The molecule has 1 aliphatic rings. The van der Waals surface area contributed by atoms with Crippen LogP contribution in [0.4, 0.5) is 0 Å². The minimum atomic E-state index is -0.239. The van der Waals surface area contributed by atoms with Crippen molar-refractivity contribution in [2.75, 3.05) is 6.61 Å². The predicted octanol–water partition coefficient (Wildman–Crippen LogP) is 1.71. The molecule has 4 heteroatoms. The van der Waals surface area contributed by atoms with E-state index in [2.05, 4.69) is 12.2 Å². The minimum Gasteiger partial charge on any atom is -0.493 e. The van der Waals surface area contributed by atoms with Gasteiger partial charge in [-0.05, 0) is 49.9 Å². The van der Waals surface area contributed by atoms with Gasteiger partial charge in [-0.25, -0.2) is 0 Å². The molecule has 0 aliphatic heterocycles. The van der Waals surface area contributed by atoms with Crippen LogP contribution in [0.15, 0.2) is 18.2 Å². The van der Waals surface area contributed by atoms with Crippen LogP contribution in [0.2, 0.25) is 0 Å². The van der Waals surface area contributed by atoms with Gasteiger partial charge in [0.25, 0.3) is 0 Å². The van der Waals surface area contributed by atoms with Crippen molar-refractivity contribution in [3.63, 3.8) is 0 Å². The van der Waals surface area contributed by atoms with Crippen LogP contribution < -0.4 is 10.1 Å². The summed E-state index contributed by atoms with van der Waals surface area (Å²) in [6.07, 6.45) is 1.45. The third kappa shape index (κ3) is 3.96. The molecule has 0 spiro atoms. The molecule has 19 heavy (non-hydrogen) atoms. The Kier molecular flexibility index (Phi) is 4.43. The Morgan fingerprint density at radius 2 is 2.11 bits per heavy atom. The monoisotopic (exact) mass is 263 g/mol. The summed E-state index contributed by atoms with van der Waals surface area (Å²) in [5.41, 5.74) is 2.42. The maximum absolute atomic E-state index is 11.6. The van der Waals surface area contributed by atoms with E-state index in [1.54, 1.807) is 0 Å². The number of nitrogens with one attached hydrogen (secondary N) is 1. The molecule has 0 saturated heterocycles. The lowest BCUT2D eigenvalue weighted by atomic mass is 9.89. The number of aryl methyl sites for hydroxylation is 2. The molecule has 2 rings (SSSR count). The number of carbonyl (C=O) groups is 1. The summed E-state index contributed by atoms with van der Waals surface area (Å²) < 4.78 is 5.56. The van der Waals surface area contributed by atoms with E-state index in [0.717, 1.165) is 5.75 Å². The molecule has 0 heterocycles. The van der Waals surface area contributed by atoms with E-state index in [1.165, 1.54) is 11.1 Å². The van der Waals surface area contributed by atoms with Crippen LogP contribution in [-0.2, 0) is 4.79 Å². The molecule has 2 N–H and O–H groups in total. The highest BCUT2D eigenvalue weighted by Crippen LogP contribution is 2.19. The number of aliphatic hydroxyl groups is 1. The second kappa shape index (κ2) is 6.06. The van der Waals surface area contributed by atoms with Gasteiger partial charge in [0.2, 0.25) is 5.91 Å². The van der Waals surface area contributed by atoms with Gasteiger partial charge in [-0.15, -0.1) is 0 Å². The van der Waals surface area contributed by atoms with Gasteiger partial charge in [-0.1, -0.05) is 6.07 Å². The maximum Gasteiger partial charge on any atom is 0.223 e. The van der Waals surface area contributed by atoms with Crippen LogP contribution >= 0.6 is 0 Å². The largest absolute Gasteiger partial charge is 0.493 e. The number of rotatable bonds is 5. The number of carbonyl (C=O) groups excluding carboxylic acids is 1. The summed E-state index contributed by atoms with van der Waals surface area (Å²) in [7, 11) is 0. The van der Waals surface area contributed by atoms with Gasteiger partial charge in [-0.2, -0.15) is 0 Å². The van der Waals surface area contributed by atoms with E-state index in [0.29, 0.717) is 25.9 Å². The molecule has 1 aliphatic carbocycles. The van der Waals surface area contributed by atoms with E-state index < -0.39 is 0 Å². The molecule has 4 nitrogen and oxygen atoms in total. The van der Waals surface area contributed by atoms with Crippen LogP contribution in [-0.4, -0.2) is 29.8 Å². The van der Waals surface area contributed by atoms with Crippen LogP contribution in [0.25, 0.3) is 0 Å². The summed E-state index contributed by atoms with van der Waals surface area (Å²) >= 11 is 0. The summed E-state index contributed by atoms with van der Waals surface area (Å²) in [4.78, 5) is 11.6. The van der Waals surface area contributed by atoms with Crippen molar-refractivity contribution >= 4 is 5.91 Å². The van der Waals surface area contributed by atoms with E-state index in [9.17, 15) is 4.79 Å². The van der Waals surface area contributed by atoms with Gasteiger partial charge >= 0.3 is 0 Å². The Morgan fingerprint density at radius 3 is 2.74 bits per heavy atom. The Morgan fingerprint density at radius 1 is 1.37 bits per heavy atom. The van der Waals surface area contributed by atoms with Crippen molar-refractivity contribution in [2.45, 2.75) is 45.3 Å². The van der Waals surface area contributed by atoms with Gasteiger partial charge in [0.15, 0.2) is 0 Å². The molecular weight excluding hydrogens is 242 g/mol. The normalized spacial score (nSPS) is 21.6. The Hall–Kier alpha value is -1.55. The van der Waals surface area contributed by atoms with Crippen LogP contribution in [0.1, 0.15) is 30.4 Å². The van der Waals surface area contributed by atoms with Gasteiger partial charge in [-0.3, -0.25) is 4.79 Å². The SMILES string of the molecule is Cc1ccc(OCCC(=O)NC2CC(O)C2)cc1C. The fraction of sp³-hybridized carbons (Fsp3) is 0.533. The first-order valence-electron chi connectivity index (χ1n) is 6.72. The van der Waals surface area contributed by atoms with Crippen molar-refractivity contribution in [1.29, 1.82) is 0 Å². The highest BCUT2D eigenvalue weighted by atomic mass is 16.5. The van der Waals surface area contributed by atoms with Crippen molar-refractivity contribution in [3.05, 3.63) is 29.3 Å². The minimum absolute atomic E-state index is 0.0132. The molecule has 104 valence electrons. The Balaban J connectivity index is 1.68. The second-order valence-corrected chi connectivity index (χ2v) is 5.23. The maximum atomic E-state index is 11.6. The standard InChI is InChI=1S/C15H21NO3/c1-10-3-4-14(7-11(10)2)19-6-5-15(18)16-12-8-13(17)9-12/h3-4,7,12-13,17H,5-6,8-9H2,1-2H3,(H,16,18). The molecule has 1 fully saturated rings. The topological polar surface area (TPSA) is 58.6 Å². The van der Waals surface area contributed by atoms with Crippen molar-refractivity contribution in [3.8, 4) is 5.75 Å². The quantitative estimate of drug-likeness (QED) is 0.850. The van der Waals surface area contributed by atoms with Crippen molar-refractivity contribution < 1.29 is 14.6 Å². The summed E-state index contributed by atoms with van der Waals surface area (Å²) in [6, 6.07) is 6.06. The van der Waals surface area contributed by atoms with Gasteiger partial charge in [0.1, 0.15) is 5.75 Å². The molecule has 1 saturated carbocycles. The summed E-state index contributed by atoms with van der Waals surface area (Å²) in [6.45, 7) is 4.47. The van der Waals surface area contributed by atoms with Crippen molar-refractivity contribution in [1.82, 2.24) is 5.32 Å². The van der Waals surface area contributed by atoms with Gasteiger partial charge in [0, 0.05) is 6.04 Å². The zero-order chi connectivity index (χ0) is 13.8. The second-order valence-electron chi connectivity index (χ2n) is 5.23. The van der Waals surface area contributed by atoms with Gasteiger partial charge in [0.05, 0.1) is 19.1 Å². The highest BCUT2D eigenvalue weighted by Gasteiger charge is 2.28. The average Bonchev–Trinajstić information content (AvgIpc) is 2.32. The fourth-order valence-corrected chi connectivity index (χ4v) is 2.07. The third-order valence-electron chi connectivity index (χ3n) is 3.55. The molecule has 0 radical (unpaired) electrons. The molecule has 0 unspecified atom stereocenters. The van der Waals surface area contributed by atoms with E-state index >= 15 is 0 Å². The Labute approximate surface area is 113 Å². The number of benzene rings is 1. The first kappa shape index (κ1) is 13.9. The third-order valence-corrected chi connectivity index (χ3v) is 3.55. The molecule has 1 aromatic rings. The van der Waals surface area contributed by atoms with Crippen LogP contribution in [0.3, 0.4) is 0 Å². The first-order chi connectivity index (χ1) is 9.04. The predicted molar refractivity (Wildman–Crippen MR) is 73.2 cm³/mol. The number of hydrogen-bond donors (Lipinski definition) is 2. The zero-order valence-corrected chi connectivity index (χ0v) is 11.5. The lowest BCUT2D eigenvalue weighted by molar-refractivity contribution is -0.123. The highest BCUT2D eigenvalue weighted by molar-refractivity contribution is 5.76. The van der Waals surface area contributed by atoms with Crippen LogP contribution in [0, 0.1) is 13.8 Å².